The van der Waals surface area contributed by atoms with Gasteiger partial charge < -0.3 is 15.7 Å². The third kappa shape index (κ3) is 8.39. The van der Waals surface area contributed by atoms with Crippen molar-refractivity contribution in [2.45, 2.75) is 45.1 Å². The zero-order valence-corrected chi connectivity index (χ0v) is 10.1. The molecule has 4 heteroatoms. The van der Waals surface area contributed by atoms with Crippen LogP contribution in [0.15, 0.2) is 0 Å². The lowest BCUT2D eigenvalue weighted by Crippen LogP contribution is -2.38. The Bertz CT molecular complexity index is 181. The zero-order chi connectivity index (χ0) is 11.7. The zero-order valence-electron chi connectivity index (χ0n) is 10.1. The smallest absolute Gasteiger partial charge is 0.219 e. The van der Waals surface area contributed by atoms with Crippen LogP contribution in [-0.4, -0.2) is 36.8 Å². The summed E-state index contributed by atoms with van der Waals surface area (Å²) in [6, 6.07) is 0. The average Bonchev–Trinajstić information content (AvgIpc) is 2.16. The Labute approximate surface area is 92.4 Å². The summed E-state index contributed by atoms with van der Waals surface area (Å²) in [5.74, 6) is 0.0668. The number of nitrogens with one attached hydrogen (secondary N) is 2. The third-order valence-electron chi connectivity index (χ3n) is 2.33. The van der Waals surface area contributed by atoms with Crippen LogP contribution < -0.4 is 10.6 Å². The van der Waals surface area contributed by atoms with E-state index < -0.39 is 5.60 Å². The Hall–Kier alpha value is -0.610. The number of carbonyl (C=O) groups is 1. The van der Waals surface area contributed by atoms with Crippen molar-refractivity contribution >= 4 is 5.91 Å². The number of hydrogen-bond acceptors (Lipinski definition) is 3. The van der Waals surface area contributed by atoms with Crippen LogP contribution in [0.1, 0.15) is 39.5 Å². The van der Waals surface area contributed by atoms with E-state index in [1.165, 1.54) is 0 Å². The lowest BCUT2D eigenvalue weighted by atomic mass is 10.0. The fourth-order valence-electron chi connectivity index (χ4n) is 1.48. The van der Waals surface area contributed by atoms with Crippen LogP contribution in [0.4, 0.5) is 0 Å². The third-order valence-corrected chi connectivity index (χ3v) is 2.33. The minimum absolute atomic E-state index is 0.0668. The Morgan fingerprint density at radius 3 is 2.67 bits per heavy atom. The van der Waals surface area contributed by atoms with E-state index in [0.29, 0.717) is 13.0 Å². The maximum absolute atomic E-state index is 10.9. The number of rotatable bonds is 8. The van der Waals surface area contributed by atoms with Crippen molar-refractivity contribution in [3.63, 3.8) is 0 Å². The first-order valence-corrected chi connectivity index (χ1v) is 5.65. The molecule has 0 aliphatic carbocycles. The summed E-state index contributed by atoms with van der Waals surface area (Å²) in [6.45, 7) is 5.25. The molecule has 0 saturated heterocycles. The summed E-state index contributed by atoms with van der Waals surface area (Å²) in [6.07, 6.45) is 3.13. The molecule has 0 aromatic rings. The van der Waals surface area contributed by atoms with E-state index >= 15 is 0 Å². The highest BCUT2D eigenvalue weighted by Gasteiger charge is 2.17. The largest absolute Gasteiger partial charge is 0.389 e. The first-order valence-electron chi connectivity index (χ1n) is 5.65. The van der Waals surface area contributed by atoms with Crippen molar-refractivity contribution in [3.05, 3.63) is 0 Å². The molecule has 0 radical (unpaired) electrons. The van der Waals surface area contributed by atoms with E-state index in [-0.39, 0.29) is 5.91 Å². The highest BCUT2D eigenvalue weighted by atomic mass is 16.3. The molecular formula is C11H24N2O2. The quantitative estimate of drug-likeness (QED) is 0.522. The lowest BCUT2D eigenvalue weighted by Gasteiger charge is -2.22. The first kappa shape index (κ1) is 14.4. The van der Waals surface area contributed by atoms with E-state index in [9.17, 15) is 9.90 Å². The van der Waals surface area contributed by atoms with Gasteiger partial charge in [-0.15, -0.1) is 0 Å². The molecule has 0 aliphatic heterocycles. The minimum atomic E-state index is -0.623. The Morgan fingerprint density at radius 1 is 1.47 bits per heavy atom. The molecule has 1 atom stereocenters. The van der Waals surface area contributed by atoms with Crippen LogP contribution >= 0.6 is 0 Å². The van der Waals surface area contributed by atoms with Gasteiger partial charge >= 0.3 is 0 Å². The number of amides is 1. The molecule has 0 fully saturated rings. The molecule has 0 rings (SSSR count). The molecule has 0 aromatic heterocycles. The minimum Gasteiger partial charge on any atom is -0.389 e. The van der Waals surface area contributed by atoms with Gasteiger partial charge in [-0.2, -0.15) is 0 Å². The molecule has 3 N–H and O–H groups in total. The Balaban J connectivity index is 3.41. The van der Waals surface area contributed by atoms with Crippen molar-refractivity contribution in [2.75, 3.05) is 20.1 Å². The molecule has 0 aromatic carbocycles. The second-order valence-electron chi connectivity index (χ2n) is 4.20. The standard InChI is InChI=1S/C11H24N2O2/c1-4-7-11(2,15)9-13-8-5-6-10(14)12-3/h13,15H,4-9H2,1-3H3,(H,12,14). The number of aliphatic hydroxyl groups is 1. The van der Waals surface area contributed by atoms with Gasteiger partial charge in [-0.05, 0) is 26.3 Å². The molecule has 0 spiro atoms. The van der Waals surface area contributed by atoms with E-state index in [1.807, 2.05) is 6.92 Å². The number of hydrogen-bond donors (Lipinski definition) is 3. The summed E-state index contributed by atoms with van der Waals surface area (Å²) in [4.78, 5) is 10.9. The van der Waals surface area contributed by atoms with Crippen LogP contribution in [0.5, 0.6) is 0 Å². The van der Waals surface area contributed by atoms with Crippen molar-refractivity contribution < 1.29 is 9.90 Å². The van der Waals surface area contributed by atoms with Crippen LogP contribution in [0, 0.1) is 0 Å². The van der Waals surface area contributed by atoms with Gasteiger partial charge in [-0.3, -0.25) is 4.79 Å². The Morgan fingerprint density at radius 2 is 2.13 bits per heavy atom. The highest BCUT2D eigenvalue weighted by Crippen LogP contribution is 2.09. The second kappa shape index (κ2) is 7.65. The van der Waals surface area contributed by atoms with Gasteiger partial charge in [-0.25, -0.2) is 0 Å². The van der Waals surface area contributed by atoms with Crippen molar-refractivity contribution in [1.29, 1.82) is 0 Å². The van der Waals surface area contributed by atoms with Crippen LogP contribution in [0.3, 0.4) is 0 Å². The normalized spacial score (nSPS) is 14.7. The van der Waals surface area contributed by atoms with Crippen LogP contribution in [-0.2, 0) is 4.79 Å². The molecule has 4 nitrogen and oxygen atoms in total. The highest BCUT2D eigenvalue weighted by molar-refractivity contribution is 5.75. The molecule has 0 bridgehead atoms. The van der Waals surface area contributed by atoms with Crippen LogP contribution in [0.25, 0.3) is 0 Å². The SMILES string of the molecule is CCCC(C)(O)CNCCCC(=O)NC. The van der Waals surface area contributed by atoms with Gasteiger partial charge in [-0.1, -0.05) is 13.3 Å². The molecule has 90 valence electrons. The maximum atomic E-state index is 10.9. The van der Waals surface area contributed by atoms with Crippen LogP contribution in [0.2, 0.25) is 0 Å². The van der Waals surface area contributed by atoms with E-state index in [2.05, 4.69) is 17.6 Å². The summed E-state index contributed by atoms with van der Waals surface area (Å²) in [7, 11) is 1.64. The summed E-state index contributed by atoms with van der Waals surface area (Å²) in [5, 5.41) is 15.6. The number of carbonyl (C=O) groups excluding carboxylic acids is 1. The average molecular weight is 216 g/mol. The Kier molecular flexibility index (Phi) is 7.34. The molecule has 15 heavy (non-hydrogen) atoms. The fraction of sp³-hybridized carbons (Fsp3) is 0.909. The molecule has 0 aliphatic rings. The topological polar surface area (TPSA) is 61.4 Å². The lowest BCUT2D eigenvalue weighted by molar-refractivity contribution is -0.120. The van der Waals surface area contributed by atoms with Crippen molar-refractivity contribution in [1.82, 2.24) is 10.6 Å². The predicted molar refractivity (Wildman–Crippen MR) is 61.7 cm³/mol. The second-order valence-corrected chi connectivity index (χ2v) is 4.20. The predicted octanol–water partition coefficient (Wildman–Crippen LogP) is 0.653. The molecule has 1 unspecified atom stereocenters. The van der Waals surface area contributed by atoms with Gasteiger partial charge in [0.2, 0.25) is 5.91 Å². The summed E-state index contributed by atoms with van der Waals surface area (Å²) in [5.41, 5.74) is -0.623. The summed E-state index contributed by atoms with van der Waals surface area (Å²) >= 11 is 0. The molecular weight excluding hydrogens is 192 g/mol. The van der Waals surface area contributed by atoms with Gasteiger partial charge in [0, 0.05) is 20.0 Å². The van der Waals surface area contributed by atoms with Gasteiger partial charge in [0.1, 0.15) is 0 Å². The van der Waals surface area contributed by atoms with Gasteiger partial charge in [0.05, 0.1) is 5.60 Å². The fourth-order valence-corrected chi connectivity index (χ4v) is 1.48. The van der Waals surface area contributed by atoms with Crippen molar-refractivity contribution in [3.8, 4) is 0 Å². The van der Waals surface area contributed by atoms with E-state index in [1.54, 1.807) is 7.05 Å². The molecule has 1 amide bonds. The molecule has 0 saturated carbocycles. The van der Waals surface area contributed by atoms with Gasteiger partial charge in [0.15, 0.2) is 0 Å². The van der Waals surface area contributed by atoms with Gasteiger partial charge in [0.25, 0.3) is 0 Å². The van der Waals surface area contributed by atoms with E-state index in [4.69, 9.17) is 0 Å². The molecule has 0 heterocycles. The monoisotopic (exact) mass is 216 g/mol. The van der Waals surface area contributed by atoms with E-state index in [0.717, 1.165) is 25.8 Å². The summed E-state index contributed by atoms with van der Waals surface area (Å²) < 4.78 is 0. The van der Waals surface area contributed by atoms with Crippen molar-refractivity contribution in [2.24, 2.45) is 0 Å². The maximum Gasteiger partial charge on any atom is 0.219 e. The first-order chi connectivity index (χ1) is 7.02.